The Morgan fingerprint density at radius 2 is 1.47 bits per heavy atom. The van der Waals surface area contributed by atoms with E-state index in [1.807, 2.05) is 19.1 Å². The minimum absolute atomic E-state index is 0.997. The van der Waals surface area contributed by atoms with Gasteiger partial charge in [0.1, 0.15) is 0 Å². The highest BCUT2D eigenvalue weighted by molar-refractivity contribution is 5.76. The van der Waals surface area contributed by atoms with Gasteiger partial charge in [-0.25, -0.2) is 0 Å². The second kappa shape index (κ2) is 6.75. The molecule has 0 bridgehead atoms. The summed E-state index contributed by atoms with van der Waals surface area (Å²) in [4.78, 5) is 0. The van der Waals surface area contributed by atoms with Gasteiger partial charge in [-0.1, -0.05) is 66.8 Å². The van der Waals surface area contributed by atoms with Crippen LogP contribution in [0.2, 0.25) is 0 Å². The SMILES string of the molecule is C=CCC=CC.c1ccc2c(c1)Cc1ccccc1-2. The van der Waals surface area contributed by atoms with Crippen LogP contribution in [0.3, 0.4) is 0 Å². The average molecular weight is 248 g/mol. The van der Waals surface area contributed by atoms with Crippen LogP contribution in [0.15, 0.2) is 73.3 Å². The summed E-state index contributed by atoms with van der Waals surface area (Å²) in [5, 5.41) is 0. The van der Waals surface area contributed by atoms with E-state index < -0.39 is 0 Å². The molecule has 0 saturated carbocycles. The lowest BCUT2D eigenvalue weighted by Gasteiger charge is -1.98. The summed E-state index contributed by atoms with van der Waals surface area (Å²) in [5.74, 6) is 0. The van der Waals surface area contributed by atoms with Crippen molar-refractivity contribution in [2.75, 3.05) is 0 Å². The highest BCUT2D eigenvalue weighted by atomic mass is 14.2. The van der Waals surface area contributed by atoms with Gasteiger partial charge in [0, 0.05) is 0 Å². The van der Waals surface area contributed by atoms with Gasteiger partial charge in [0.15, 0.2) is 0 Å². The van der Waals surface area contributed by atoms with Gasteiger partial charge in [0.05, 0.1) is 0 Å². The van der Waals surface area contributed by atoms with E-state index in [0.29, 0.717) is 0 Å². The fraction of sp³-hybridized carbons (Fsp3) is 0.158. The third-order valence-electron chi connectivity index (χ3n) is 3.24. The van der Waals surface area contributed by atoms with Crippen molar-refractivity contribution in [3.63, 3.8) is 0 Å². The van der Waals surface area contributed by atoms with Gasteiger partial charge in [0.2, 0.25) is 0 Å². The molecular formula is C19H20. The molecule has 0 amide bonds. The molecule has 0 radical (unpaired) electrons. The maximum Gasteiger partial charge on any atom is -0.00135 e. The Bertz CT molecular complexity index is 533. The molecule has 0 nitrogen and oxygen atoms in total. The van der Waals surface area contributed by atoms with Crippen LogP contribution in [-0.4, -0.2) is 0 Å². The Kier molecular flexibility index (Phi) is 4.74. The first-order valence-corrected chi connectivity index (χ1v) is 6.75. The maximum absolute atomic E-state index is 3.55. The van der Waals surface area contributed by atoms with Crippen molar-refractivity contribution in [1.29, 1.82) is 0 Å². The Morgan fingerprint density at radius 3 is 1.89 bits per heavy atom. The number of hydrogen-bond donors (Lipinski definition) is 0. The van der Waals surface area contributed by atoms with E-state index in [1.54, 1.807) is 0 Å². The molecule has 0 spiro atoms. The zero-order chi connectivity index (χ0) is 13.5. The van der Waals surface area contributed by atoms with Crippen LogP contribution in [-0.2, 0) is 6.42 Å². The molecule has 0 heterocycles. The maximum atomic E-state index is 3.55. The van der Waals surface area contributed by atoms with Crippen LogP contribution in [0.25, 0.3) is 11.1 Å². The molecule has 1 aliphatic rings. The quantitative estimate of drug-likeness (QED) is 0.533. The number of benzene rings is 2. The standard InChI is InChI=1S/C13H10.C6H10/c1-3-7-12-10(5-1)9-11-6-2-4-8-13(11)12;1-3-5-6-4-2/h1-8H,9H2;3-4,6H,1,5H2,2H3. The summed E-state index contributed by atoms with van der Waals surface area (Å²) in [5.41, 5.74) is 5.75. The summed E-state index contributed by atoms with van der Waals surface area (Å²) in [7, 11) is 0. The van der Waals surface area contributed by atoms with Crippen molar-refractivity contribution in [2.24, 2.45) is 0 Å². The molecule has 2 aromatic carbocycles. The summed E-state index contributed by atoms with van der Waals surface area (Å²) >= 11 is 0. The van der Waals surface area contributed by atoms with E-state index in [4.69, 9.17) is 0 Å². The van der Waals surface area contributed by atoms with E-state index in [1.165, 1.54) is 22.3 Å². The lowest BCUT2D eigenvalue weighted by molar-refractivity contribution is 1.26. The summed E-state index contributed by atoms with van der Waals surface area (Å²) in [6.07, 6.45) is 8.05. The number of rotatable bonds is 2. The van der Waals surface area contributed by atoms with Gasteiger partial charge in [0.25, 0.3) is 0 Å². The van der Waals surface area contributed by atoms with Crippen molar-refractivity contribution in [2.45, 2.75) is 19.8 Å². The molecule has 0 unspecified atom stereocenters. The monoisotopic (exact) mass is 248 g/mol. The molecule has 0 saturated heterocycles. The van der Waals surface area contributed by atoms with Crippen LogP contribution >= 0.6 is 0 Å². The topological polar surface area (TPSA) is 0 Å². The zero-order valence-electron chi connectivity index (χ0n) is 11.5. The Labute approximate surface area is 116 Å². The fourth-order valence-corrected chi connectivity index (χ4v) is 2.31. The van der Waals surface area contributed by atoms with Crippen molar-refractivity contribution in [3.8, 4) is 11.1 Å². The Morgan fingerprint density at radius 1 is 0.947 bits per heavy atom. The first-order chi connectivity index (χ1) is 9.36. The lowest BCUT2D eigenvalue weighted by Crippen LogP contribution is -1.77. The van der Waals surface area contributed by atoms with Gasteiger partial charge in [-0.15, -0.1) is 6.58 Å². The van der Waals surface area contributed by atoms with Gasteiger partial charge in [-0.05, 0) is 42.0 Å². The molecule has 0 N–H and O–H groups in total. The fourth-order valence-electron chi connectivity index (χ4n) is 2.31. The molecule has 2 aromatic rings. The van der Waals surface area contributed by atoms with Crippen LogP contribution < -0.4 is 0 Å². The van der Waals surface area contributed by atoms with Crippen molar-refractivity contribution in [3.05, 3.63) is 84.5 Å². The average Bonchev–Trinajstić information content (AvgIpc) is 2.84. The number of allylic oxidation sites excluding steroid dienone is 3. The minimum atomic E-state index is 0.997. The third kappa shape index (κ3) is 3.23. The van der Waals surface area contributed by atoms with Crippen LogP contribution in [0.1, 0.15) is 24.5 Å². The highest BCUT2D eigenvalue weighted by Gasteiger charge is 2.15. The molecule has 0 atom stereocenters. The van der Waals surface area contributed by atoms with E-state index in [0.717, 1.165) is 12.8 Å². The molecule has 0 aromatic heterocycles. The van der Waals surface area contributed by atoms with Crippen molar-refractivity contribution >= 4 is 0 Å². The molecule has 0 heteroatoms. The predicted molar refractivity (Wildman–Crippen MR) is 84.3 cm³/mol. The molecule has 0 fully saturated rings. The normalized spacial score (nSPS) is 11.4. The summed E-state index contributed by atoms with van der Waals surface area (Å²) in [6, 6.07) is 17.3. The second-order valence-electron chi connectivity index (χ2n) is 4.58. The highest BCUT2D eigenvalue weighted by Crippen LogP contribution is 2.35. The third-order valence-corrected chi connectivity index (χ3v) is 3.24. The molecule has 19 heavy (non-hydrogen) atoms. The van der Waals surface area contributed by atoms with Crippen molar-refractivity contribution < 1.29 is 0 Å². The van der Waals surface area contributed by atoms with E-state index >= 15 is 0 Å². The first-order valence-electron chi connectivity index (χ1n) is 6.75. The number of fused-ring (bicyclic) bond motifs is 3. The van der Waals surface area contributed by atoms with Crippen molar-refractivity contribution in [1.82, 2.24) is 0 Å². The van der Waals surface area contributed by atoms with E-state index in [2.05, 4.69) is 61.2 Å². The smallest absolute Gasteiger partial charge is 0.00135 e. The molecular weight excluding hydrogens is 228 g/mol. The molecule has 1 aliphatic carbocycles. The summed E-state index contributed by atoms with van der Waals surface area (Å²) < 4.78 is 0. The predicted octanol–water partition coefficient (Wildman–Crippen LogP) is 5.40. The first kappa shape index (κ1) is 13.4. The molecule has 3 rings (SSSR count). The molecule has 96 valence electrons. The number of hydrogen-bond acceptors (Lipinski definition) is 0. The van der Waals surface area contributed by atoms with Crippen LogP contribution in [0, 0.1) is 0 Å². The lowest BCUT2D eigenvalue weighted by atomic mass is 10.1. The van der Waals surface area contributed by atoms with Gasteiger partial charge in [-0.3, -0.25) is 0 Å². The zero-order valence-corrected chi connectivity index (χ0v) is 11.5. The van der Waals surface area contributed by atoms with Gasteiger partial charge < -0.3 is 0 Å². The van der Waals surface area contributed by atoms with Crippen LogP contribution in [0.4, 0.5) is 0 Å². The largest absolute Gasteiger partial charge is 0.103 e. The summed E-state index contributed by atoms with van der Waals surface area (Å²) in [6.45, 7) is 5.55. The minimum Gasteiger partial charge on any atom is -0.103 e. The molecule has 0 aliphatic heterocycles. The van der Waals surface area contributed by atoms with Gasteiger partial charge >= 0.3 is 0 Å². The Balaban J connectivity index is 0.000000192. The van der Waals surface area contributed by atoms with Crippen LogP contribution in [0.5, 0.6) is 0 Å². The van der Waals surface area contributed by atoms with Gasteiger partial charge in [-0.2, -0.15) is 0 Å². The second-order valence-corrected chi connectivity index (χ2v) is 4.58. The van der Waals surface area contributed by atoms with E-state index in [-0.39, 0.29) is 0 Å². The Hall–Kier alpha value is -2.08. The van der Waals surface area contributed by atoms with E-state index in [9.17, 15) is 0 Å².